The van der Waals surface area contributed by atoms with E-state index in [-0.39, 0.29) is 23.8 Å². The summed E-state index contributed by atoms with van der Waals surface area (Å²) < 4.78 is 37.0. The van der Waals surface area contributed by atoms with Gasteiger partial charge in [-0.25, -0.2) is 8.42 Å². The number of aliphatic hydroxyl groups is 1. The predicted octanol–water partition coefficient (Wildman–Crippen LogP) is 4.94. The zero-order valence-corrected chi connectivity index (χ0v) is 25.5. The molecule has 2 unspecified atom stereocenters. The van der Waals surface area contributed by atoms with Gasteiger partial charge in [0, 0.05) is 24.7 Å². The lowest BCUT2D eigenvalue weighted by molar-refractivity contribution is -0.196. The fourth-order valence-corrected chi connectivity index (χ4v) is 10.7. The average Bonchev–Trinajstić information content (AvgIpc) is 3.31. The van der Waals surface area contributed by atoms with Gasteiger partial charge in [-0.05, 0) is 67.3 Å². The highest BCUT2D eigenvalue weighted by atomic mass is 32.2. The summed E-state index contributed by atoms with van der Waals surface area (Å²) in [4.78, 5) is 2.50. The molecule has 4 aliphatic rings. The third kappa shape index (κ3) is 4.35. The molecule has 2 fully saturated rings. The topological polar surface area (TPSA) is 70.1 Å². The van der Waals surface area contributed by atoms with Crippen molar-refractivity contribution < 1.29 is 18.3 Å². The standard InChI is InChI=1S/C35H42N2O4S/c1-25(2)23-37(42(39,40)24-27-12-7-4-8-13-27)29-16-18-35(38)31-22-28-14-9-15-30-32(28)34(35,33(29)41-30)19-21-36(31)20-17-26-10-5-3-6-11-26/h3-15,25,29,31,33,38H,16-24H2,1-2H3/t29?,31-,33?,34+,35-/m1/s1. The average molecular weight is 587 g/mol. The van der Waals surface area contributed by atoms with Crippen LogP contribution in [0, 0.1) is 5.92 Å². The number of hydrogen-bond donors (Lipinski definition) is 1. The Kier molecular flexibility index (Phi) is 7.01. The Bertz CT molecular complexity index is 1550. The molecule has 42 heavy (non-hydrogen) atoms. The third-order valence-electron chi connectivity index (χ3n) is 10.4. The summed E-state index contributed by atoms with van der Waals surface area (Å²) in [5, 5.41) is 12.9. The second kappa shape index (κ2) is 10.5. The number of rotatable bonds is 9. The quantitative estimate of drug-likeness (QED) is 0.385. The van der Waals surface area contributed by atoms with Crippen molar-refractivity contribution in [3.05, 3.63) is 101 Å². The SMILES string of the molecule is CC(C)CN(C1CC[C@@]2(O)[C@H]3Cc4cccc5c4[C@@]2(CCN3CCc2ccccc2)C1O5)S(=O)(=O)Cc1ccccc1. The molecule has 5 atom stereocenters. The molecule has 0 amide bonds. The largest absolute Gasteiger partial charge is 0.487 e. The van der Waals surface area contributed by atoms with Crippen molar-refractivity contribution in [3.63, 3.8) is 0 Å². The molecule has 1 saturated carbocycles. The lowest BCUT2D eigenvalue weighted by atomic mass is 9.48. The van der Waals surface area contributed by atoms with E-state index in [2.05, 4.69) is 55.1 Å². The molecule has 1 saturated heterocycles. The predicted molar refractivity (Wildman–Crippen MR) is 165 cm³/mol. The van der Waals surface area contributed by atoms with Crippen LogP contribution in [0.3, 0.4) is 0 Å². The summed E-state index contributed by atoms with van der Waals surface area (Å²) in [5.41, 5.74) is 2.89. The van der Waals surface area contributed by atoms with E-state index in [1.54, 1.807) is 4.31 Å². The van der Waals surface area contributed by atoms with E-state index in [9.17, 15) is 13.5 Å². The zero-order chi connectivity index (χ0) is 29.1. The first-order valence-electron chi connectivity index (χ1n) is 15.6. The van der Waals surface area contributed by atoms with Crippen LogP contribution in [0.5, 0.6) is 5.75 Å². The molecule has 7 rings (SSSR count). The molecular formula is C35H42N2O4S. The first-order chi connectivity index (χ1) is 20.2. The number of sulfonamides is 1. The van der Waals surface area contributed by atoms with Crippen LogP contribution >= 0.6 is 0 Å². The van der Waals surface area contributed by atoms with E-state index < -0.39 is 27.1 Å². The van der Waals surface area contributed by atoms with Crippen LogP contribution in [-0.4, -0.2) is 66.2 Å². The summed E-state index contributed by atoms with van der Waals surface area (Å²) in [6.07, 6.45) is 3.21. The van der Waals surface area contributed by atoms with Crippen LogP contribution in [0.4, 0.5) is 0 Å². The second-order valence-electron chi connectivity index (χ2n) is 13.3. The highest BCUT2D eigenvalue weighted by molar-refractivity contribution is 7.88. The molecule has 7 heteroatoms. The molecule has 0 radical (unpaired) electrons. The fourth-order valence-electron chi connectivity index (χ4n) is 8.74. The minimum Gasteiger partial charge on any atom is -0.487 e. The summed E-state index contributed by atoms with van der Waals surface area (Å²) in [6, 6.07) is 26.0. The number of benzene rings is 3. The number of piperidine rings is 1. The van der Waals surface area contributed by atoms with Crippen molar-refractivity contribution in [1.82, 2.24) is 9.21 Å². The van der Waals surface area contributed by atoms with E-state index in [1.807, 2.05) is 42.5 Å². The highest BCUT2D eigenvalue weighted by Gasteiger charge is 2.73. The van der Waals surface area contributed by atoms with E-state index in [0.29, 0.717) is 19.4 Å². The summed E-state index contributed by atoms with van der Waals surface area (Å²) in [6.45, 7) is 6.34. The Morgan fingerprint density at radius 1 is 0.976 bits per heavy atom. The first kappa shape index (κ1) is 28.1. The van der Waals surface area contributed by atoms with E-state index in [1.165, 1.54) is 11.1 Å². The summed E-state index contributed by atoms with van der Waals surface area (Å²) >= 11 is 0. The van der Waals surface area contributed by atoms with Gasteiger partial charge in [-0.2, -0.15) is 4.31 Å². The van der Waals surface area contributed by atoms with E-state index in [4.69, 9.17) is 4.74 Å². The Morgan fingerprint density at radius 2 is 1.69 bits per heavy atom. The van der Waals surface area contributed by atoms with Crippen molar-refractivity contribution in [2.24, 2.45) is 5.92 Å². The minimum absolute atomic E-state index is 0.0256. The number of hydrogen-bond acceptors (Lipinski definition) is 5. The van der Waals surface area contributed by atoms with Crippen LogP contribution in [0.1, 0.15) is 55.4 Å². The molecule has 3 aromatic rings. The lowest BCUT2D eigenvalue weighted by Gasteiger charge is -2.64. The molecule has 2 bridgehead atoms. The van der Waals surface area contributed by atoms with Gasteiger partial charge in [0.2, 0.25) is 10.0 Å². The number of ether oxygens (including phenoxy) is 1. The zero-order valence-electron chi connectivity index (χ0n) is 24.7. The Balaban J connectivity index is 1.26. The van der Waals surface area contributed by atoms with Gasteiger partial charge in [0.25, 0.3) is 0 Å². The minimum atomic E-state index is -3.64. The van der Waals surface area contributed by atoms with Crippen LogP contribution in [0.2, 0.25) is 0 Å². The van der Waals surface area contributed by atoms with Gasteiger partial charge in [-0.3, -0.25) is 4.90 Å². The molecule has 2 heterocycles. The molecule has 222 valence electrons. The normalized spacial score (nSPS) is 29.9. The summed E-state index contributed by atoms with van der Waals surface area (Å²) in [5.74, 6) is 0.964. The van der Waals surface area contributed by atoms with Crippen LogP contribution in [-0.2, 0) is 34.0 Å². The monoisotopic (exact) mass is 586 g/mol. The van der Waals surface area contributed by atoms with Crippen LogP contribution < -0.4 is 4.74 Å². The van der Waals surface area contributed by atoms with Gasteiger partial charge >= 0.3 is 0 Å². The smallest absolute Gasteiger partial charge is 0.218 e. The van der Waals surface area contributed by atoms with Crippen LogP contribution in [0.25, 0.3) is 0 Å². The lowest BCUT2D eigenvalue weighted by Crippen LogP contribution is -2.78. The number of nitrogens with zero attached hydrogens (tertiary/aromatic N) is 2. The molecule has 3 aromatic carbocycles. The van der Waals surface area contributed by atoms with Crippen LogP contribution in [0.15, 0.2) is 78.9 Å². The van der Waals surface area contributed by atoms with Crippen molar-refractivity contribution in [2.75, 3.05) is 19.6 Å². The van der Waals surface area contributed by atoms with Gasteiger partial charge in [0.15, 0.2) is 0 Å². The molecule has 2 aliphatic carbocycles. The molecule has 2 aliphatic heterocycles. The molecule has 1 spiro atoms. The van der Waals surface area contributed by atoms with Crippen molar-refractivity contribution in [1.29, 1.82) is 0 Å². The van der Waals surface area contributed by atoms with Gasteiger partial charge in [-0.15, -0.1) is 0 Å². The van der Waals surface area contributed by atoms with Crippen molar-refractivity contribution in [2.45, 2.75) is 80.9 Å². The summed E-state index contributed by atoms with van der Waals surface area (Å²) in [7, 11) is -3.64. The number of likely N-dealkylation sites (tertiary alicyclic amines) is 1. The third-order valence-corrected chi connectivity index (χ3v) is 12.3. The van der Waals surface area contributed by atoms with E-state index >= 15 is 0 Å². The van der Waals surface area contributed by atoms with E-state index in [0.717, 1.165) is 49.2 Å². The Morgan fingerprint density at radius 3 is 2.40 bits per heavy atom. The maximum Gasteiger partial charge on any atom is 0.218 e. The fraction of sp³-hybridized carbons (Fsp3) is 0.486. The van der Waals surface area contributed by atoms with Gasteiger partial charge in [0.05, 0.1) is 22.8 Å². The maximum absolute atomic E-state index is 14.2. The molecule has 6 nitrogen and oxygen atoms in total. The van der Waals surface area contributed by atoms with Gasteiger partial charge < -0.3 is 9.84 Å². The molecular weight excluding hydrogens is 544 g/mol. The van der Waals surface area contributed by atoms with Crippen molar-refractivity contribution >= 4 is 10.0 Å². The Hall–Kier alpha value is -2.71. The van der Waals surface area contributed by atoms with Gasteiger partial charge in [-0.1, -0.05) is 86.6 Å². The van der Waals surface area contributed by atoms with Gasteiger partial charge in [0.1, 0.15) is 11.9 Å². The first-order valence-corrected chi connectivity index (χ1v) is 17.2. The maximum atomic E-state index is 14.2. The highest BCUT2D eigenvalue weighted by Crippen LogP contribution is 2.64. The Labute approximate surface area is 250 Å². The second-order valence-corrected chi connectivity index (χ2v) is 15.2. The molecule has 0 aromatic heterocycles. The molecule has 1 N–H and O–H groups in total. The van der Waals surface area contributed by atoms with Crippen molar-refractivity contribution in [3.8, 4) is 5.75 Å².